The van der Waals surface area contributed by atoms with Crippen molar-refractivity contribution in [3.05, 3.63) is 34.1 Å². The van der Waals surface area contributed by atoms with E-state index in [1.807, 2.05) is 45.8 Å². The third kappa shape index (κ3) is 3.95. The summed E-state index contributed by atoms with van der Waals surface area (Å²) in [5, 5.41) is 24.0. The number of rotatable bonds is 6. The largest absolute Gasteiger partial charge is 0.506 e. The van der Waals surface area contributed by atoms with Crippen LogP contribution in [0, 0.1) is 20.8 Å². The zero-order valence-corrected chi connectivity index (χ0v) is 15.9. The molecule has 0 aliphatic heterocycles. The maximum atomic E-state index is 10.4. The van der Waals surface area contributed by atoms with Gasteiger partial charge in [0.15, 0.2) is 0 Å². The van der Waals surface area contributed by atoms with Gasteiger partial charge in [-0.3, -0.25) is 0 Å². The lowest BCUT2D eigenvalue weighted by molar-refractivity contribution is 0.453. The molecule has 0 fully saturated rings. The quantitative estimate of drug-likeness (QED) is 0.747. The fourth-order valence-electron chi connectivity index (χ4n) is 2.74. The van der Waals surface area contributed by atoms with Crippen LogP contribution in [-0.2, 0) is 12.8 Å². The van der Waals surface area contributed by atoms with Gasteiger partial charge in [-0.1, -0.05) is 0 Å². The van der Waals surface area contributed by atoms with Crippen LogP contribution in [0.15, 0.2) is 6.07 Å². The van der Waals surface area contributed by atoms with E-state index in [4.69, 9.17) is 0 Å². The number of aromatic nitrogens is 2. The SMILES string of the molecule is CCNc1nc(CCc2cc(N(C)C)nc(C)c2O)c(O)c(C)c1C. The highest BCUT2D eigenvalue weighted by Gasteiger charge is 2.15. The van der Waals surface area contributed by atoms with Crippen molar-refractivity contribution in [2.24, 2.45) is 0 Å². The number of hydrogen-bond donors (Lipinski definition) is 3. The third-order valence-corrected chi connectivity index (χ3v) is 4.46. The molecule has 0 aliphatic rings. The molecule has 6 heteroatoms. The monoisotopic (exact) mass is 344 g/mol. The Morgan fingerprint density at radius 1 is 1.00 bits per heavy atom. The average Bonchev–Trinajstić information content (AvgIpc) is 2.57. The molecule has 0 atom stereocenters. The van der Waals surface area contributed by atoms with Crippen LogP contribution in [0.2, 0.25) is 0 Å². The van der Waals surface area contributed by atoms with Crippen molar-refractivity contribution in [1.29, 1.82) is 0 Å². The van der Waals surface area contributed by atoms with Crippen LogP contribution >= 0.6 is 0 Å². The predicted molar refractivity (Wildman–Crippen MR) is 102 cm³/mol. The molecule has 6 nitrogen and oxygen atoms in total. The van der Waals surface area contributed by atoms with Crippen LogP contribution in [0.1, 0.15) is 35.0 Å². The summed E-state index contributed by atoms with van der Waals surface area (Å²) in [6, 6.07) is 1.88. The molecule has 0 amide bonds. The maximum Gasteiger partial charge on any atom is 0.140 e. The van der Waals surface area contributed by atoms with E-state index in [1.165, 1.54) is 0 Å². The molecular weight excluding hydrogens is 316 g/mol. The summed E-state index contributed by atoms with van der Waals surface area (Å²) in [6.45, 7) is 8.43. The second-order valence-corrected chi connectivity index (χ2v) is 6.50. The van der Waals surface area contributed by atoms with E-state index in [1.54, 1.807) is 6.92 Å². The summed E-state index contributed by atoms with van der Waals surface area (Å²) in [7, 11) is 3.84. The Hall–Kier alpha value is -2.50. The van der Waals surface area contributed by atoms with Gasteiger partial charge in [0, 0.05) is 20.6 Å². The fourth-order valence-corrected chi connectivity index (χ4v) is 2.74. The van der Waals surface area contributed by atoms with E-state index < -0.39 is 0 Å². The Kier molecular flexibility index (Phi) is 5.72. The first-order valence-corrected chi connectivity index (χ1v) is 8.55. The molecule has 0 aromatic carbocycles. The molecule has 0 spiro atoms. The second kappa shape index (κ2) is 7.59. The lowest BCUT2D eigenvalue weighted by atomic mass is 10.0. The molecule has 0 radical (unpaired) electrons. The van der Waals surface area contributed by atoms with Crippen molar-refractivity contribution in [1.82, 2.24) is 9.97 Å². The zero-order chi connectivity index (χ0) is 18.7. The zero-order valence-electron chi connectivity index (χ0n) is 15.9. The summed E-state index contributed by atoms with van der Waals surface area (Å²) in [4.78, 5) is 10.9. The highest BCUT2D eigenvalue weighted by atomic mass is 16.3. The summed E-state index contributed by atoms with van der Waals surface area (Å²) >= 11 is 0. The molecular formula is C19H28N4O2. The lowest BCUT2D eigenvalue weighted by Gasteiger charge is -2.17. The number of aryl methyl sites for hydroxylation is 3. The van der Waals surface area contributed by atoms with Gasteiger partial charge in [0.05, 0.1) is 11.4 Å². The predicted octanol–water partition coefficient (Wildman–Crippen LogP) is 3.10. The Bertz CT molecular complexity index is 773. The van der Waals surface area contributed by atoms with Gasteiger partial charge >= 0.3 is 0 Å². The molecule has 2 heterocycles. The number of nitrogens with zero attached hydrogens (tertiary/aromatic N) is 3. The normalized spacial score (nSPS) is 10.8. The Morgan fingerprint density at radius 3 is 2.28 bits per heavy atom. The number of aromatic hydroxyl groups is 2. The molecule has 2 rings (SSSR count). The van der Waals surface area contributed by atoms with Crippen molar-refractivity contribution in [3.8, 4) is 11.5 Å². The minimum Gasteiger partial charge on any atom is -0.506 e. The minimum atomic E-state index is 0.209. The number of hydrogen-bond acceptors (Lipinski definition) is 6. The highest BCUT2D eigenvalue weighted by Crippen LogP contribution is 2.31. The van der Waals surface area contributed by atoms with Gasteiger partial charge in [0.2, 0.25) is 0 Å². The topological polar surface area (TPSA) is 81.5 Å². The van der Waals surface area contributed by atoms with Gasteiger partial charge in [-0.15, -0.1) is 0 Å². The van der Waals surface area contributed by atoms with Gasteiger partial charge in [0.25, 0.3) is 0 Å². The van der Waals surface area contributed by atoms with Crippen LogP contribution in [-0.4, -0.2) is 40.8 Å². The van der Waals surface area contributed by atoms with E-state index >= 15 is 0 Å². The first kappa shape index (κ1) is 18.8. The van der Waals surface area contributed by atoms with Gasteiger partial charge in [-0.2, -0.15) is 0 Å². The van der Waals surface area contributed by atoms with Crippen molar-refractivity contribution >= 4 is 11.6 Å². The Morgan fingerprint density at radius 2 is 1.68 bits per heavy atom. The van der Waals surface area contributed by atoms with Gasteiger partial charge < -0.3 is 20.4 Å². The number of pyridine rings is 2. The third-order valence-electron chi connectivity index (χ3n) is 4.46. The average molecular weight is 344 g/mol. The first-order valence-electron chi connectivity index (χ1n) is 8.55. The number of anilines is 2. The van der Waals surface area contributed by atoms with Crippen LogP contribution in [0.25, 0.3) is 0 Å². The summed E-state index contributed by atoms with van der Waals surface area (Å²) in [6.07, 6.45) is 1.11. The molecule has 0 bridgehead atoms. The van der Waals surface area contributed by atoms with E-state index in [0.29, 0.717) is 24.2 Å². The van der Waals surface area contributed by atoms with Crippen molar-refractivity contribution in [2.75, 3.05) is 30.9 Å². The van der Waals surface area contributed by atoms with Crippen LogP contribution in [0.4, 0.5) is 11.6 Å². The Balaban J connectivity index is 2.33. The molecule has 0 saturated heterocycles. The summed E-state index contributed by atoms with van der Waals surface area (Å²) < 4.78 is 0. The van der Waals surface area contributed by atoms with E-state index in [0.717, 1.165) is 34.9 Å². The Labute approximate surface area is 149 Å². The van der Waals surface area contributed by atoms with E-state index in [-0.39, 0.29) is 11.5 Å². The van der Waals surface area contributed by atoms with Gasteiger partial charge in [0.1, 0.15) is 23.1 Å². The molecule has 2 aromatic rings. The van der Waals surface area contributed by atoms with Crippen LogP contribution in [0.5, 0.6) is 11.5 Å². The van der Waals surface area contributed by atoms with Crippen molar-refractivity contribution in [3.63, 3.8) is 0 Å². The molecule has 136 valence electrons. The standard InChI is InChI=1S/C19H28N4O2/c1-7-20-19-12(3)11(2)17(24)15(22-19)9-8-14-10-16(23(5)6)21-13(4)18(14)25/h10,24-25H,7-9H2,1-6H3,(H,20,22). The van der Waals surface area contributed by atoms with E-state index in [9.17, 15) is 10.2 Å². The molecule has 0 aliphatic carbocycles. The van der Waals surface area contributed by atoms with Crippen molar-refractivity contribution in [2.45, 2.75) is 40.5 Å². The fraction of sp³-hybridized carbons (Fsp3) is 0.474. The lowest BCUT2D eigenvalue weighted by Crippen LogP contribution is -2.12. The van der Waals surface area contributed by atoms with Gasteiger partial charge in [-0.05, 0) is 63.3 Å². The molecule has 25 heavy (non-hydrogen) atoms. The van der Waals surface area contributed by atoms with Crippen LogP contribution in [0.3, 0.4) is 0 Å². The van der Waals surface area contributed by atoms with E-state index in [2.05, 4.69) is 15.3 Å². The molecule has 0 unspecified atom stereocenters. The molecule has 3 N–H and O–H groups in total. The summed E-state index contributed by atoms with van der Waals surface area (Å²) in [5.74, 6) is 2.05. The first-order chi connectivity index (χ1) is 11.8. The molecule has 0 saturated carbocycles. The molecule has 2 aromatic heterocycles. The highest BCUT2D eigenvalue weighted by molar-refractivity contribution is 5.55. The van der Waals surface area contributed by atoms with Crippen LogP contribution < -0.4 is 10.2 Å². The summed E-state index contributed by atoms with van der Waals surface area (Å²) in [5.41, 5.74) is 3.84. The smallest absolute Gasteiger partial charge is 0.140 e. The second-order valence-electron chi connectivity index (χ2n) is 6.50. The number of nitrogens with one attached hydrogen (secondary N) is 1. The minimum absolute atomic E-state index is 0.209. The van der Waals surface area contributed by atoms with Crippen molar-refractivity contribution < 1.29 is 10.2 Å². The van der Waals surface area contributed by atoms with Gasteiger partial charge in [-0.25, -0.2) is 9.97 Å². The maximum absolute atomic E-state index is 10.4.